The molecule has 0 amide bonds. The van der Waals surface area contributed by atoms with E-state index in [1.807, 2.05) is 20.8 Å². The number of hydrogen-bond donors (Lipinski definition) is 4. The lowest BCUT2D eigenvalue weighted by Crippen LogP contribution is -2.42. The van der Waals surface area contributed by atoms with E-state index < -0.39 is 6.10 Å². The van der Waals surface area contributed by atoms with Crippen LogP contribution in [0.15, 0.2) is 12.1 Å². The molecular formula is C13H19ClN2O2S. The van der Waals surface area contributed by atoms with Gasteiger partial charge in [0.05, 0.1) is 11.8 Å². The van der Waals surface area contributed by atoms with E-state index >= 15 is 0 Å². The number of phenols is 1. The molecule has 6 heteroatoms. The van der Waals surface area contributed by atoms with Gasteiger partial charge in [0.2, 0.25) is 0 Å². The second-order valence-electron chi connectivity index (χ2n) is 5.40. The Balaban J connectivity index is 2.99. The molecule has 4 nitrogen and oxygen atoms in total. The summed E-state index contributed by atoms with van der Waals surface area (Å²) in [7, 11) is 0. The topological polar surface area (TPSA) is 64.5 Å². The maximum atomic E-state index is 10.1. The molecule has 1 atom stereocenters. The molecule has 0 radical (unpaired) electrons. The summed E-state index contributed by atoms with van der Waals surface area (Å²) in [4.78, 5) is 0. The van der Waals surface area contributed by atoms with E-state index in [-0.39, 0.29) is 11.3 Å². The Bertz CT molecular complexity index is 484. The van der Waals surface area contributed by atoms with Crippen molar-refractivity contribution in [3.63, 3.8) is 0 Å². The van der Waals surface area contributed by atoms with Gasteiger partial charge in [-0.3, -0.25) is 0 Å². The van der Waals surface area contributed by atoms with Crippen LogP contribution in [0.3, 0.4) is 0 Å². The molecule has 19 heavy (non-hydrogen) atoms. The van der Waals surface area contributed by atoms with E-state index in [1.165, 1.54) is 6.07 Å². The van der Waals surface area contributed by atoms with Crippen molar-refractivity contribution in [2.24, 2.45) is 0 Å². The Morgan fingerprint density at radius 1 is 1.37 bits per heavy atom. The van der Waals surface area contributed by atoms with Gasteiger partial charge in [-0.05, 0) is 52.0 Å². The molecule has 0 saturated carbocycles. The Kier molecular flexibility index (Phi) is 5.01. The summed E-state index contributed by atoms with van der Waals surface area (Å²) in [5.41, 5.74) is 0.532. The van der Waals surface area contributed by atoms with Crippen molar-refractivity contribution < 1.29 is 10.2 Å². The van der Waals surface area contributed by atoms with Crippen molar-refractivity contribution >= 4 is 34.6 Å². The lowest BCUT2D eigenvalue weighted by atomic mass is 10.1. The maximum Gasteiger partial charge on any atom is 0.171 e. The summed E-state index contributed by atoms with van der Waals surface area (Å²) in [6.07, 6.45) is -0.816. The number of aliphatic hydroxyl groups is 1. The minimum absolute atomic E-state index is 0.0579. The highest BCUT2D eigenvalue weighted by Gasteiger charge is 2.16. The first-order chi connectivity index (χ1) is 8.60. The van der Waals surface area contributed by atoms with Gasteiger partial charge in [-0.15, -0.1) is 0 Å². The normalized spacial score (nSPS) is 12.9. The molecular weight excluding hydrogens is 284 g/mol. The predicted molar refractivity (Wildman–Crippen MR) is 82.9 cm³/mol. The van der Waals surface area contributed by atoms with Crippen LogP contribution in [0.25, 0.3) is 0 Å². The van der Waals surface area contributed by atoms with E-state index in [4.69, 9.17) is 23.8 Å². The molecule has 1 aromatic rings. The van der Waals surface area contributed by atoms with Gasteiger partial charge < -0.3 is 20.8 Å². The van der Waals surface area contributed by atoms with Crippen LogP contribution in [0, 0.1) is 0 Å². The fraction of sp³-hybridized carbons (Fsp3) is 0.462. The number of aliphatic hydroxyl groups excluding tert-OH is 1. The second kappa shape index (κ2) is 5.94. The largest absolute Gasteiger partial charge is 0.505 e. The third-order valence-corrected chi connectivity index (χ3v) is 2.71. The molecule has 1 aromatic carbocycles. The average Bonchev–Trinajstić information content (AvgIpc) is 2.19. The minimum Gasteiger partial charge on any atom is -0.505 e. The summed E-state index contributed by atoms with van der Waals surface area (Å²) in [6.45, 7) is 7.47. The van der Waals surface area contributed by atoms with Crippen LogP contribution in [0.2, 0.25) is 5.02 Å². The molecule has 0 saturated heterocycles. The number of hydrogen-bond acceptors (Lipinski definition) is 3. The number of halogens is 1. The second-order valence-corrected chi connectivity index (χ2v) is 6.24. The molecule has 106 valence electrons. The maximum absolute atomic E-state index is 10.1. The van der Waals surface area contributed by atoms with E-state index in [1.54, 1.807) is 13.0 Å². The first-order valence-corrected chi connectivity index (χ1v) is 6.68. The summed E-state index contributed by atoms with van der Waals surface area (Å²) >= 11 is 11.1. The fourth-order valence-electron chi connectivity index (χ4n) is 1.53. The quantitative estimate of drug-likeness (QED) is 0.499. The van der Waals surface area contributed by atoms with Crippen LogP contribution in [0.5, 0.6) is 5.75 Å². The number of aromatic hydroxyl groups is 1. The summed E-state index contributed by atoms with van der Waals surface area (Å²) in [5.74, 6) is -0.0579. The Hall–Kier alpha value is -1.04. The molecule has 0 bridgehead atoms. The van der Waals surface area contributed by atoms with E-state index in [0.717, 1.165) is 0 Å². The highest BCUT2D eigenvalue weighted by atomic mass is 35.5. The summed E-state index contributed by atoms with van der Waals surface area (Å²) in [6, 6.07) is 3.08. The van der Waals surface area contributed by atoms with Crippen LogP contribution in [-0.2, 0) is 0 Å². The van der Waals surface area contributed by atoms with Gasteiger partial charge in [-0.25, -0.2) is 0 Å². The average molecular weight is 303 g/mol. The molecule has 1 unspecified atom stereocenters. The zero-order valence-corrected chi connectivity index (χ0v) is 13.0. The van der Waals surface area contributed by atoms with E-state index in [2.05, 4.69) is 10.6 Å². The van der Waals surface area contributed by atoms with Crippen molar-refractivity contribution in [2.75, 3.05) is 5.32 Å². The number of phenolic OH excluding ortho intramolecular Hbond substituents is 1. The third-order valence-electron chi connectivity index (χ3n) is 2.29. The number of rotatable bonds is 2. The van der Waals surface area contributed by atoms with Crippen LogP contribution in [0.4, 0.5) is 5.69 Å². The Morgan fingerprint density at radius 3 is 2.42 bits per heavy atom. The van der Waals surface area contributed by atoms with Gasteiger partial charge >= 0.3 is 0 Å². The number of anilines is 1. The van der Waals surface area contributed by atoms with Crippen molar-refractivity contribution in [3.05, 3.63) is 22.7 Å². The van der Waals surface area contributed by atoms with E-state index in [9.17, 15) is 10.2 Å². The van der Waals surface area contributed by atoms with Gasteiger partial charge in [-0.2, -0.15) is 0 Å². The molecule has 0 heterocycles. The molecule has 1 rings (SSSR count). The van der Waals surface area contributed by atoms with Crippen LogP contribution < -0.4 is 10.6 Å². The zero-order valence-electron chi connectivity index (χ0n) is 11.4. The molecule has 0 fully saturated rings. The summed E-state index contributed by atoms with van der Waals surface area (Å²) in [5, 5.41) is 26.4. The summed E-state index contributed by atoms with van der Waals surface area (Å²) < 4.78 is 0. The van der Waals surface area contributed by atoms with Crippen LogP contribution >= 0.6 is 23.8 Å². The lowest BCUT2D eigenvalue weighted by molar-refractivity contribution is 0.195. The van der Waals surface area contributed by atoms with Gasteiger partial charge in [0, 0.05) is 16.1 Å². The van der Waals surface area contributed by atoms with Crippen molar-refractivity contribution in [1.29, 1.82) is 0 Å². The highest BCUT2D eigenvalue weighted by Crippen LogP contribution is 2.35. The fourth-order valence-corrected chi connectivity index (χ4v) is 2.17. The SMILES string of the molecule is CC(O)c1cc(Cl)cc(NC(=S)NC(C)(C)C)c1O. The predicted octanol–water partition coefficient (Wildman–Crippen LogP) is 3.18. The minimum atomic E-state index is -0.816. The van der Waals surface area contributed by atoms with Gasteiger partial charge in [0.25, 0.3) is 0 Å². The number of thiocarbonyl (C=S) groups is 1. The first kappa shape index (κ1) is 16.0. The number of benzene rings is 1. The first-order valence-electron chi connectivity index (χ1n) is 5.90. The molecule has 0 aromatic heterocycles. The van der Waals surface area contributed by atoms with Crippen molar-refractivity contribution in [1.82, 2.24) is 5.32 Å². The van der Waals surface area contributed by atoms with Gasteiger partial charge in [-0.1, -0.05) is 11.6 Å². The standard InChI is InChI=1S/C13H19ClN2O2S/c1-7(17)9-5-8(14)6-10(11(9)18)15-12(19)16-13(2,3)4/h5-7,17-18H,1-4H3,(H2,15,16,19). The van der Waals surface area contributed by atoms with Crippen LogP contribution in [-0.4, -0.2) is 20.9 Å². The van der Waals surface area contributed by atoms with Crippen LogP contribution in [0.1, 0.15) is 39.4 Å². The molecule has 0 aliphatic rings. The number of nitrogens with one attached hydrogen (secondary N) is 2. The molecule has 0 spiro atoms. The van der Waals surface area contributed by atoms with Gasteiger partial charge in [0.1, 0.15) is 5.75 Å². The van der Waals surface area contributed by atoms with E-state index in [0.29, 0.717) is 21.4 Å². The smallest absolute Gasteiger partial charge is 0.171 e. The van der Waals surface area contributed by atoms with Crippen molar-refractivity contribution in [2.45, 2.75) is 39.3 Å². The Morgan fingerprint density at radius 2 is 1.95 bits per heavy atom. The van der Waals surface area contributed by atoms with Gasteiger partial charge in [0.15, 0.2) is 5.11 Å². The third kappa shape index (κ3) is 4.86. The zero-order chi connectivity index (χ0) is 14.8. The van der Waals surface area contributed by atoms with Crippen molar-refractivity contribution in [3.8, 4) is 5.75 Å². The monoisotopic (exact) mass is 302 g/mol. The molecule has 0 aliphatic carbocycles. The molecule has 0 aliphatic heterocycles. The highest BCUT2D eigenvalue weighted by molar-refractivity contribution is 7.80. The Labute approximate surface area is 123 Å². The lowest BCUT2D eigenvalue weighted by Gasteiger charge is -2.23. The molecule has 4 N–H and O–H groups in total.